The van der Waals surface area contributed by atoms with E-state index in [0.717, 1.165) is 5.56 Å². The van der Waals surface area contributed by atoms with Gasteiger partial charge in [-0.2, -0.15) is 0 Å². The van der Waals surface area contributed by atoms with Crippen LogP contribution in [0.1, 0.15) is 5.56 Å². The lowest BCUT2D eigenvalue weighted by Crippen LogP contribution is -1.94. The lowest BCUT2D eigenvalue weighted by molar-refractivity contribution is -0.384. The van der Waals surface area contributed by atoms with E-state index in [1.165, 1.54) is 18.2 Å². The summed E-state index contributed by atoms with van der Waals surface area (Å²) >= 11 is 0. The molecule has 2 aromatic carbocycles. The fourth-order valence-corrected chi connectivity index (χ4v) is 1.67. The van der Waals surface area contributed by atoms with E-state index in [0.29, 0.717) is 5.56 Å². The first-order valence-electron chi connectivity index (χ1n) is 5.09. The molecule has 0 radical (unpaired) electrons. The van der Waals surface area contributed by atoms with Gasteiger partial charge in [0.1, 0.15) is 5.82 Å². The third-order valence-electron chi connectivity index (χ3n) is 2.53. The zero-order valence-corrected chi connectivity index (χ0v) is 9.18. The Morgan fingerprint density at radius 2 is 1.76 bits per heavy atom. The van der Waals surface area contributed by atoms with Gasteiger partial charge in [-0.1, -0.05) is 35.9 Å². The molecule has 0 aliphatic carbocycles. The number of halogens is 1. The Hall–Kier alpha value is -2.23. The second kappa shape index (κ2) is 4.33. The Balaban J connectivity index is 2.65. The van der Waals surface area contributed by atoms with Crippen molar-refractivity contribution in [3.8, 4) is 11.1 Å². The predicted molar refractivity (Wildman–Crippen MR) is 63.2 cm³/mol. The van der Waals surface area contributed by atoms with E-state index in [4.69, 9.17) is 0 Å². The number of nitro groups is 1. The van der Waals surface area contributed by atoms with Crippen molar-refractivity contribution in [1.82, 2.24) is 0 Å². The predicted octanol–water partition coefficient (Wildman–Crippen LogP) is 3.71. The zero-order valence-electron chi connectivity index (χ0n) is 9.18. The van der Waals surface area contributed by atoms with Gasteiger partial charge in [-0.3, -0.25) is 10.1 Å². The van der Waals surface area contributed by atoms with Crippen molar-refractivity contribution < 1.29 is 9.31 Å². The average Bonchev–Trinajstić information content (AvgIpc) is 2.30. The highest BCUT2D eigenvalue weighted by Crippen LogP contribution is 2.32. The van der Waals surface area contributed by atoms with Crippen LogP contribution in [0, 0.1) is 22.9 Å². The molecule has 0 atom stereocenters. The van der Waals surface area contributed by atoms with Crippen LogP contribution in [0.5, 0.6) is 0 Å². The summed E-state index contributed by atoms with van der Waals surface area (Å²) in [5.74, 6) is -0.581. The van der Waals surface area contributed by atoms with E-state index in [-0.39, 0.29) is 11.3 Å². The minimum atomic E-state index is -0.581. The second-order valence-corrected chi connectivity index (χ2v) is 3.76. The molecule has 0 heterocycles. The first-order chi connectivity index (χ1) is 8.09. The van der Waals surface area contributed by atoms with Gasteiger partial charge in [0.15, 0.2) is 0 Å². The van der Waals surface area contributed by atoms with Gasteiger partial charge in [-0.15, -0.1) is 0 Å². The fourth-order valence-electron chi connectivity index (χ4n) is 1.67. The Morgan fingerprint density at radius 3 is 2.35 bits per heavy atom. The minimum absolute atomic E-state index is 0.0394. The maximum absolute atomic E-state index is 13.7. The van der Waals surface area contributed by atoms with Crippen LogP contribution in [0.3, 0.4) is 0 Å². The highest BCUT2D eigenvalue weighted by Gasteiger charge is 2.18. The molecule has 2 aromatic rings. The van der Waals surface area contributed by atoms with Crippen LogP contribution in [0.2, 0.25) is 0 Å². The van der Waals surface area contributed by atoms with Gasteiger partial charge in [0.05, 0.1) is 10.5 Å². The summed E-state index contributed by atoms with van der Waals surface area (Å²) in [5, 5.41) is 10.9. The van der Waals surface area contributed by atoms with Crippen LogP contribution in [0.25, 0.3) is 11.1 Å². The van der Waals surface area contributed by atoms with Crippen LogP contribution in [-0.2, 0) is 0 Å². The number of hydrogen-bond acceptors (Lipinski definition) is 2. The SMILES string of the molecule is Cc1ccc(-c2c(F)cccc2[N+](=O)[O-])cc1. The molecule has 3 nitrogen and oxygen atoms in total. The number of rotatable bonds is 2. The molecule has 0 aliphatic heterocycles. The van der Waals surface area contributed by atoms with Crippen molar-refractivity contribution in [2.24, 2.45) is 0 Å². The number of aryl methyl sites for hydroxylation is 1. The highest BCUT2D eigenvalue weighted by atomic mass is 19.1. The van der Waals surface area contributed by atoms with Gasteiger partial charge in [-0.25, -0.2) is 4.39 Å². The largest absolute Gasteiger partial charge is 0.280 e. The second-order valence-electron chi connectivity index (χ2n) is 3.76. The normalized spacial score (nSPS) is 10.2. The molecular formula is C13H10FNO2. The van der Waals surface area contributed by atoms with Gasteiger partial charge in [0.25, 0.3) is 5.69 Å². The molecule has 0 aromatic heterocycles. The molecule has 0 saturated carbocycles. The van der Waals surface area contributed by atoms with Gasteiger partial charge >= 0.3 is 0 Å². The lowest BCUT2D eigenvalue weighted by atomic mass is 10.0. The van der Waals surface area contributed by atoms with Crippen molar-refractivity contribution in [2.75, 3.05) is 0 Å². The molecule has 0 amide bonds. The minimum Gasteiger partial charge on any atom is -0.258 e. The Morgan fingerprint density at radius 1 is 1.12 bits per heavy atom. The van der Waals surface area contributed by atoms with E-state index in [2.05, 4.69) is 0 Å². The first kappa shape index (κ1) is 11.3. The summed E-state index contributed by atoms with van der Waals surface area (Å²) in [6.07, 6.45) is 0. The topological polar surface area (TPSA) is 43.1 Å². The van der Waals surface area contributed by atoms with Crippen LogP contribution >= 0.6 is 0 Å². The monoisotopic (exact) mass is 231 g/mol. The first-order valence-corrected chi connectivity index (χ1v) is 5.09. The standard InChI is InChI=1S/C13H10FNO2/c1-9-5-7-10(8-6-9)13-11(14)3-2-4-12(13)15(16)17/h2-8H,1H3. The van der Waals surface area contributed by atoms with Crippen LogP contribution in [0.4, 0.5) is 10.1 Å². The summed E-state index contributed by atoms with van der Waals surface area (Å²) in [4.78, 5) is 10.3. The summed E-state index contributed by atoms with van der Waals surface area (Å²) < 4.78 is 13.7. The van der Waals surface area contributed by atoms with Crippen molar-refractivity contribution in [2.45, 2.75) is 6.92 Å². The fraction of sp³-hybridized carbons (Fsp3) is 0.0769. The number of nitrogens with zero attached hydrogens (tertiary/aromatic N) is 1. The molecule has 0 fully saturated rings. The Bertz CT molecular complexity index is 564. The third kappa shape index (κ3) is 2.15. The lowest BCUT2D eigenvalue weighted by Gasteiger charge is -2.04. The summed E-state index contributed by atoms with van der Waals surface area (Å²) in [6, 6.07) is 10.8. The molecule has 0 aliphatic rings. The van der Waals surface area contributed by atoms with Crippen LogP contribution in [-0.4, -0.2) is 4.92 Å². The molecule has 0 N–H and O–H groups in total. The van der Waals surface area contributed by atoms with E-state index in [1.807, 2.05) is 6.92 Å². The van der Waals surface area contributed by atoms with Gasteiger partial charge in [0, 0.05) is 6.07 Å². The number of benzene rings is 2. The third-order valence-corrected chi connectivity index (χ3v) is 2.53. The Kier molecular flexibility index (Phi) is 2.87. The van der Waals surface area contributed by atoms with Crippen molar-refractivity contribution in [3.63, 3.8) is 0 Å². The highest BCUT2D eigenvalue weighted by molar-refractivity contribution is 5.74. The molecule has 0 unspecified atom stereocenters. The van der Waals surface area contributed by atoms with E-state index >= 15 is 0 Å². The maximum atomic E-state index is 13.7. The average molecular weight is 231 g/mol. The van der Waals surface area contributed by atoms with Crippen molar-refractivity contribution in [3.05, 3.63) is 64.0 Å². The Labute approximate surface area is 97.7 Å². The van der Waals surface area contributed by atoms with Crippen LogP contribution < -0.4 is 0 Å². The zero-order chi connectivity index (χ0) is 12.4. The van der Waals surface area contributed by atoms with Crippen LogP contribution in [0.15, 0.2) is 42.5 Å². The van der Waals surface area contributed by atoms with Gasteiger partial charge in [-0.05, 0) is 18.6 Å². The molecule has 86 valence electrons. The molecule has 0 bridgehead atoms. The van der Waals surface area contributed by atoms with E-state index in [1.54, 1.807) is 24.3 Å². The quantitative estimate of drug-likeness (QED) is 0.584. The maximum Gasteiger partial charge on any atom is 0.280 e. The number of hydrogen-bond donors (Lipinski definition) is 0. The molecule has 2 rings (SSSR count). The molecule has 0 spiro atoms. The van der Waals surface area contributed by atoms with E-state index < -0.39 is 10.7 Å². The molecule has 17 heavy (non-hydrogen) atoms. The summed E-state index contributed by atoms with van der Waals surface area (Å²) in [7, 11) is 0. The van der Waals surface area contributed by atoms with E-state index in [9.17, 15) is 14.5 Å². The molecular weight excluding hydrogens is 221 g/mol. The summed E-state index contributed by atoms with van der Waals surface area (Å²) in [5.41, 5.74) is 1.36. The smallest absolute Gasteiger partial charge is 0.258 e. The molecule has 0 saturated heterocycles. The van der Waals surface area contributed by atoms with Gasteiger partial charge in [0.2, 0.25) is 0 Å². The number of nitro benzene ring substituents is 1. The van der Waals surface area contributed by atoms with Crippen molar-refractivity contribution in [1.29, 1.82) is 0 Å². The molecule has 4 heteroatoms. The summed E-state index contributed by atoms with van der Waals surface area (Å²) in [6.45, 7) is 1.90. The van der Waals surface area contributed by atoms with Crippen molar-refractivity contribution >= 4 is 5.69 Å². The van der Waals surface area contributed by atoms with Gasteiger partial charge < -0.3 is 0 Å².